The molecule has 11 heteroatoms. The SMILES string of the molecule is CCOc1c([C@H]2[C@H](C(=O)Nc3ccc([C@@H]4COC(C)(C)O4)nc3)O[C@@](C)(C(F)(F)F)[C@H]2C)ccc(F)c1C. The summed E-state index contributed by atoms with van der Waals surface area (Å²) < 4.78 is 79.5. The molecular formula is C27H32F4N2O5. The zero-order chi connectivity index (χ0) is 28.0. The number of nitrogens with one attached hydrogen (secondary N) is 1. The molecular weight excluding hydrogens is 508 g/mol. The number of hydrogen-bond acceptors (Lipinski definition) is 6. The van der Waals surface area contributed by atoms with Gasteiger partial charge in [-0.05, 0) is 52.8 Å². The highest BCUT2D eigenvalue weighted by atomic mass is 19.4. The summed E-state index contributed by atoms with van der Waals surface area (Å²) in [6.45, 7) is 9.53. The van der Waals surface area contributed by atoms with Crippen LogP contribution < -0.4 is 10.1 Å². The fourth-order valence-corrected chi connectivity index (χ4v) is 5.03. The molecule has 7 nitrogen and oxygen atoms in total. The summed E-state index contributed by atoms with van der Waals surface area (Å²) in [5, 5.41) is 2.62. The number of ether oxygens (including phenoxy) is 4. The van der Waals surface area contributed by atoms with E-state index in [0.717, 1.165) is 13.0 Å². The van der Waals surface area contributed by atoms with Crippen LogP contribution in [-0.2, 0) is 19.0 Å². The van der Waals surface area contributed by atoms with Gasteiger partial charge in [-0.1, -0.05) is 13.0 Å². The molecule has 1 amide bonds. The summed E-state index contributed by atoms with van der Waals surface area (Å²) in [6.07, 6.45) is -5.29. The number of nitrogens with zero attached hydrogens (tertiary/aromatic N) is 1. The monoisotopic (exact) mass is 540 g/mol. The van der Waals surface area contributed by atoms with E-state index in [1.807, 2.05) is 0 Å². The lowest BCUT2D eigenvalue weighted by molar-refractivity contribution is -0.272. The maximum atomic E-state index is 14.3. The van der Waals surface area contributed by atoms with Gasteiger partial charge in [0.1, 0.15) is 23.8 Å². The minimum absolute atomic E-state index is 0.116. The van der Waals surface area contributed by atoms with Gasteiger partial charge in [-0.25, -0.2) is 4.39 Å². The molecule has 3 heterocycles. The minimum Gasteiger partial charge on any atom is -0.493 e. The van der Waals surface area contributed by atoms with Crippen LogP contribution in [-0.4, -0.2) is 47.8 Å². The topological polar surface area (TPSA) is 78.9 Å². The molecule has 0 radical (unpaired) electrons. The van der Waals surface area contributed by atoms with Gasteiger partial charge < -0.3 is 24.3 Å². The zero-order valence-electron chi connectivity index (χ0n) is 22.1. The van der Waals surface area contributed by atoms with Crippen LogP contribution in [0.25, 0.3) is 0 Å². The molecule has 2 aliphatic heterocycles. The molecule has 2 saturated heterocycles. The molecule has 1 N–H and O–H groups in total. The van der Waals surface area contributed by atoms with Crippen LogP contribution in [0.2, 0.25) is 0 Å². The zero-order valence-corrected chi connectivity index (χ0v) is 22.1. The van der Waals surface area contributed by atoms with E-state index in [9.17, 15) is 22.4 Å². The van der Waals surface area contributed by atoms with E-state index < -0.39 is 47.2 Å². The van der Waals surface area contributed by atoms with Crippen LogP contribution in [0.5, 0.6) is 5.75 Å². The largest absolute Gasteiger partial charge is 0.493 e. The highest BCUT2D eigenvalue weighted by Gasteiger charge is 2.65. The molecule has 5 atom stereocenters. The Hall–Kier alpha value is -2.76. The number of alkyl halides is 3. The predicted octanol–water partition coefficient (Wildman–Crippen LogP) is 5.83. The van der Waals surface area contributed by atoms with Gasteiger partial charge in [0.15, 0.2) is 11.4 Å². The normalized spacial score (nSPS) is 28.9. The number of hydrogen-bond donors (Lipinski definition) is 1. The van der Waals surface area contributed by atoms with Crippen molar-refractivity contribution in [3.8, 4) is 5.75 Å². The second kappa shape index (κ2) is 10.1. The number of anilines is 1. The Morgan fingerprint density at radius 3 is 2.45 bits per heavy atom. The molecule has 0 aliphatic carbocycles. The van der Waals surface area contributed by atoms with Crippen molar-refractivity contribution in [1.29, 1.82) is 0 Å². The first-order chi connectivity index (χ1) is 17.7. The van der Waals surface area contributed by atoms with Crippen LogP contribution in [0.4, 0.5) is 23.2 Å². The third kappa shape index (κ3) is 5.11. The quantitative estimate of drug-likeness (QED) is 0.465. The Balaban J connectivity index is 1.65. The van der Waals surface area contributed by atoms with Crippen LogP contribution in [0.1, 0.15) is 63.5 Å². The first-order valence-corrected chi connectivity index (χ1v) is 12.4. The maximum absolute atomic E-state index is 14.3. The van der Waals surface area contributed by atoms with Crippen LogP contribution in [0.3, 0.4) is 0 Å². The van der Waals surface area contributed by atoms with Crippen LogP contribution >= 0.6 is 0 Å². The van der Waals surface area contributed by atoms with E-state index in [1.165, 1.54) is 26.1 Å². The fourth-order valence-electron chi connectivity index (χ4n) is 5.03. The molecule has 0 spiro atoms. The second-order valence-electron chi connectivity index (χ2n) is 10.3. The van der Waals surface area contributed by atoms with E-state index in [2.05, 4.69) is 10.3 Å². The third-order valence-electron chi connectivity index (χ3n) is 7.34. The minimum atomic E-state index is -4.76. The van der Waals surface area contributed by atoms with Crippen molar-refractivity contribution in [2.75, 3.05) is 18.5 Å². The number of carbonyl (C=O) groups excluding carboxylic acids is 1. The molecule has 2 aliphatic rings. The smallest absolute Gasteiger partial charge is 0.417 e. The first kappa shape index (κ1) is 28.3. The van der Waals surface area contributed by atoms with Crippen LogP contribution in [0.15, 0.2) is 30.5 Å². The van der Waals surface area contributed by atoms with Crippen LogP contribution in [0, 0.1) is 18.7 Å². The molecule has 1 aromatic heterocycles. The van der Waals surface area contributed by atoms with E-state index in [-0.39, 0.29) is 35.3 Å². The molecule has 2 fully saturated rings. The molecule has 0 saturated carbocycles. The maximum Gasteiger partial charge on any atom is 0.417 e. The van der Waals surface area contributed by atoms with Crippen molar-refractivity contribution in [3.05, 3.63) is 53.1 Å². The predicted molar refractivity (Wildman–Crippen MR) is 130 cm³/mol. The number of carbonyl (C=O) groups is 1. The summed E-state index contributed by atoms with van der Waals surface area (Å²) >= 11 is 0. The second-order valence-corrected chi connectivity index (χ2v) is 10.3. The van der Waals surface area contributed by atoms with E-state index in [1.54, 1.807) is 32.9 Å². The lowest BCUT2D eigenvalue weighted by Crippen LogP contribution is -2.47. The summed E-state index contributed by atoms with van der Waals surface area (Å²) in [6, 6.07) is 5.76. The van der Waals surface area contributed by atoms with Gasteiger partial charge in [-0.3, -0.25) is 9.78 Å². The average molecular weight is 541 g/mol. The van der Waals surface area contributed by atoms with Crippen molar-refractivity contribution in [3.63, 3.8) is 0 Å². The van der Waals surface area contributed by atoms with Crippen molar-refractivity contribution in [2.24, 2.45) is 5.92 Å². The third-order valence-corrected chi connectivity index (χ3v) is 7.34. The summed E-state index contributed by atoms with van der Waals surface area (Å²) in [5.74, 6) is -4.23. The average Bonchev–Trinajstić information content (AvgIpc) is 3.34. The number of rotatable bonds is 6. The summed E-state index contributed by atoms with van der Waals surface area (Å²) in [7, 11) is 0. The van der Waals surface area contributed by atoms with Gasteiger partial charge in [-0.15, -0.1) is 0 Å². The van der Waals surface area contributed by atoms with Gasteiger partial charge in [0, 0.05) is 23.0 Å². The highest BCUT2D eigenvalue weighted by molar-refractivity contribution is 5.95. The van der Waals surface area contributed by atoms with Gasteiger partial charge in [-0.2, -0.15) is 13.2 Å². The van der Waals surface area contributed by atoms with Crippen molar-refractivity contribution in [2.45, 2.75) is 77.2 Å². The molecule has 0 bridgehead atoms. The molecule has 4 rings (SSSR count). The Labute approximate surface area is 218 Å². The van der Waals surface area contributed by atoms with Gasteiger partial charge in [0.25, 0.3) is 5.91 Å². The fraction of sp³-hybridized carbons (Fsp3) is 0.556. The number of aromatic nitrogens is 1. The number of benzene rings is 1. The van der Waals surface area contributed by atoms with E-state index in [0.29, 0.717) is 12.3 Å². The standard InChI is InChI=1S/C27H32F4N2O5/c1-7-35-22-14(2)18(28)10-9-17(22)21-15(3)26(6,27(29,30)31)38-23(21)24(34)33-16-8-11-19(32-12-16)20-13-36-25(4,5)37-20/h8-12,15,20-21,23H,7,13H2,1-6H3,(H,33,34)/t15-,20-,21-,23+,26+/m0/s1. The number of pyridine rings is 1. The number of halogens is 4. The first-order valence-electron chi connectivity index (χ1n) is 12.4. The van der Waals surface area contributed by atoms with Gasteiger partial charge in [0.2, 0.25) is 0 Å². The Morgan fingerprint density at radius 1 is 1.18 bits per heavy atom. The Morgan fingerprint density at radius 2 is 1.89 bits per heavy atom. The van der Waals surface area contributed by atoms with Crippen molar-refractivity contribution >= 4 is 11.6 Å². The van der Waals surface area contributed by atoms with Gasteiger partial charge >= 0.3 is 6.18 Å². The van der Waals surface area contributed by atoms with Gasteiger partial charge in [0.05, 0.1) is 30.8 Å². The molecule has 208 valence electrons. The van der Waals surface area contributed by atoms with Crippen molar-refractivity contribution < 1.29 is 41.3 Å². The summed E-state index contributed by atoms with van der Waals surface area (Å²) in [4.78, 5) is 17.7. The lowest BCUT2D eigenvalue weighted by Gasteiger charge is -2.32. The molecule has 1 aromatic carbocycles. The Kier molecular flexibility index (Phi) is 7.50. The van der Waals surface area contributed by atoms with Crippen molar-refractivity contribution in [1.82, 2.24) is 4.98 Å². The Bertz CT molecular complexity index is 1190. The number of amides is 1. The molecule has 38 heavy (non-hydrogen) atoms. The van der Waals surface area contributed by atoms with E-state index in [4.69, 9.17) is 18.9 Å². The molecule has 2 aromatic rings. The molecule has 0 unspecified atom stereocenters. The summed E-state index contributed by atoms with van der Waals surface area (Å²) in [5.41, 5.74) is -1.34. The van der Waals surface area contributed by atoms with E-state index >= 15 is 0 Å². The highest BCUT2D eigenvalue weighted by Crippen LogP contribution is 2.55. The lowest BCUT2D eigenvalue weighted by atomic mass is 9.76.